The predicted octanol–water partition coefficient (Wildman–Crippen LogP) is 4.14. The lowest BCUT2D eigenvalue weighted by atomic mass is 9.88. The maximum absolute atomic E-state index is 11.8. The Morgan fingerprint density at radius 2 is 1.47 bits per heavy atom. The minimum atomic E-state index is -0.972. The topological polar surface area (TPSA) is 63.6 Å². The van der Waals surface area contributed by atoms with E-state index in [4.69, 9.17) is 3.07 Å². The van der Waals surface area contributed by atoms with Crippen LogP contribution in [0.4, 0.5) is 0 Å². The van der Waals surface area contributed by atoms with Crippen LogP contribution in [0.3, 0.4) is 0 Å². The third kappa shape index (κ3) is 3.46. The highest BCUT2D eigenvalue weighted by atomic mass is 127. The van der Waals surface area contributed by atoms with Crippen molar-refractivity contribution in [2.75, 3.05) is 0 Å². The zero-order valence-electron chi connectivity index (χ0n) is 11.4. The van der Waals surface area contributed by atoms with Crippen molar-refractivity contribution in [3.8, 4) is 0 Å². The third-order valence-corrected chi connectivity index (χ3v) is 3.39. The molecule has 0 aliphatic rings. The van der Waals surface area contributed by atoms with Crippen molar-refractivity contribution in [3.05, 3.63) is 34.4 Å². The quantitative estimate of drug-likeness (QED) is 0.803. The highest BCUT2D eigenvalue weighted by Crippen LogP contribution is 2.29. The van der Waals surface area contributed by atoms with Crippen molar-refractivity contribution in [1.82, 2.24) is 0 Å². The second kappa shape index (κ2) is 6.36. The normalized spacial score (nSPS) is 10.9. The molecule has 0 saturated carbocycles. The summed E-state index contributed by atoms with van der Waals surface area (Å²) in [6.45, 7) is 7.63. The number of carboxylic acid groups (broad SMARTS) is 1. The Balaban J connectivity index is 3.59. The highest BCUT2D eigenvalue weighted by molar-refractivity contribution is 14.1. The average molecular weight is 376 g/mol. The number of hydrogen-bond donors (Lipinski definition) is 1. The summed E-state index contributed by atoms with van der Waals surface area (Å²) in [4.78, 5) is 23.2. The Morgan fingerprint density at radius 1 is 1.05 bits per heavy atom. The summed E-state index contributed by atoms with van der Waals surface area (Å²) >= 11 is 1.54. The largest absolute Gasteiger partial charge is 0.478 e. The van der Waals surface area contributed by atoms with Crippen LogP contribution in [0.25, 0.3) is 0 Å². The molecule has 1 N–H and O–H groups in total. The van der Waals surface area contributed by atoms with Gasteiger partial charge in [0.1, 0.15) is 0 Å². The SMILES string of the molecule is CC(C)c1cc(C(=O)OI)c(C(C)C)cc1C(=O)O. The zero-order chi connectivity index (χ0) is 14.7. The molecule has 1 aromatic carbocycles. The van der Waals surface area contributed by atoms with E-state index in [1.807, 2.05) is 27.7 Å². The molecule has 0 heterocycles. The van der Waals surface area contributed by atoms with Crippen LogP contribution < -0.4 is 0 Å². The first-order chi connectivity index (χ1) is 8.79. The lowest BCUT2D eigenvalue weighted by Gasteiger charge is -2.17. The number of carbonyl (C=O) groups excluding carboxylic acids is 1. The summed E-state index contributed by atoms with van der Waals surface area (Å²) in [5.41, 5.74) is 2.04. The number of halogens is 1. The van der Waals surface area contributed by atoms with E-state index in [2.05, 4.69) is 0 Å². The van der Waals surface area contributed by atoms with Crippen molar-refractivity contribution in [2.24, 2.45) is 0 Å². The molecule has 0 aromatic heterocycles. The third-order valence-electron chi connectivity index (χ3n) is 2.99. The van der Waals surface area contributed by atoms with Gasteiger partial charge in [0.2, 0.25) is 0 Å². The molecule has 1 aromatic rings. The second-order valence-corrected chi connectivity index (χ2v) is 5.45. The summed E-state index contributed by atoms with van der Waals surface area (Å²) < 4.78 is 4.75. The number of aromatic carboxylic acids is 1. The fourth-order valence-electron chi connectivity index (χ4n) is 1.99. The van der Waals surface area contributed by atoms with Crippen LogP contribution >= 0.6 is 23.0 Å². The predicted molar refractivity (Wildman–Crippen MR) is 81.0 cm³/mol. The van der Waals surface area contributed by atoms with Crippen LogP contribution in [0.15, 0.2) is 12.1 Å². The second-order valence-electron chi connectivity index (χ2n) is 5.01. The fraction of sp³-hybridized carbons (Fsp3) is 0.429. The number of carboxylic acids is 1. The molecule has 19 heavy (non-hydrogen) atoms. The molecule has 0 spiro atoms. The van der Waals surface area contributed by atoms with Crippen molar-refractivity contribution in [1.29, 1.82) is 0 Å². The Morgan fingerprint density at radius 3 is 1.84 bits per heavy atom. The minimum Gasteiger partial charge on any atom is -0.478 e. The van der Waals surface area contributed by atoms with Crippen molar-refractivity contribution in [3.63, 3.8) is 0 Å². The number of benzene rings is 1. The van der Waals surface area contributed by atoms with E-state index in [1.54, 1.807) is 35.1 Å². The molecule has 0 radical (unpaired) electrons. The summed E-state index contributed by atoms with van der Waals surface area (Å²) in [5, 5.41) is 9.29. The summed E-state index contributed by atoms with van der Waals surface area (Å²) in [6.07, 6.45) is 0. The standard InChI is InChI=1S/C14H17IO4/c1-7(2)9-6-12(14(18)19-15)10(8(3)4)5-11(9)13(16)17/h5-8H,1-4H3,(H,16,17). The highest BCUT2D eigenvalue weighted by Gasteiger charge is 2.22. The summed E-state index contributed by atoms with van der Waals surface area (Å²) in [7, 11) is 0. The van der Waals surface area contributed by atoms with Crippen LogP contribution in [-0.4, -0.2) is 17.0 Å². The van der Waals surface area contributed by atoms with Gasteiger partial charge in [-0.25, -0.2) is 9.59 Å². The van der Waals surface area contributed by atoms with Gasteiger partial charge >= 0.3 is 11.9 Å². The van der Waals surface area contributed by atoms with Crippen molar-refractivity contribution >= 4 is 34.9 Å². The number of rotatable bonds is 4. The van der Waals surface area contributed by atoms with Crippen LogP contribution in [0.2, 0.25) is 0 Å². The van der Waals surface area contributed by atoms with E-state index >= 15 is 0 Å². The van der Waals surface area contributed by atoms with Crippen LogP contribution in [0, 0.1) is 0 Å². The van der Waals surface area contributed by atoms with Crippen LogP contribution in [-0.2, 0) is 3.07 Å². The molecule has 4 nitrogen and oxygen atoms in total. The van der Waals surface area contributed by atoms with Crippen LogP contribution in [0.5, 0.6) is 0 Å². The summed E-state index contributed by atoms with van der Waals surface area (Å²) in [5.74, 6) is -1.35. The smallest absolute Gasteiger partial charge is 0.347 e. The molecule has 104 valence electrons. The van der Waals surface area contributed by atoms with E-state index in [1.165, 1.54) is 0 Å². The number of hydrogen-bond acceptors (Lipinski definition) is 3. The molecule has 1 rings (SSSR count). The van der Waals surface area contributed by atoms with Crippen LogP contribution in [0.1, 0.15) is 71.4 Å². The Hall–Kier alpha value is -1.11. The fourth-order valence-corrected chi connectivity index (χ4v) is 2.23. The van der Waals surface area contributed by atoms with Gasteiger partial charge in [0, 0.05) is 0 Å². The van der Waals surface area contributed by atoms with Gasteiger partial charge in [-0.1, -0.05) is 27.7 Å². The molecular weight excluding hydrogens is 359 g/mol. The first kappa shape index (κ1) is 15.9. The molecule has 0 atom stereocenters. The van der Waals surface area contributed by atoms with Crippen molar-refractivity contribution in [2.45, 2.75) is 39.5 Å². The first-order valence-corrected chi connectivity index (χ1v) is 6.91. The van der Waals surface area contributed by atoms with Gasteiger partial charge in [0.15, 0.2) is 23.0 Å². The Labute approximate surface area is 126 Å². The molecular formula is C14H17IO4. The van der Waals surface area contributed by atoms with Gasteiger partial charge < -0.3 is 8.17 Å². The van der Waals surface area contributed by atoms with E-state index in [9.17, 15) is 14.7 Å². The Kier molecular flexibility index (Phi) is 5.34. The lowest BCUT2D eigenvalue weighted by molar-refractivity contribution is 0.0692. The van der Waals surface area contributed by atoms with E-state index in [0.717, 1.165) is 0 Å². The molecule has 0 amide bonds. The van der Waals surface area contributed by atoms with Gasteiger partial charge in [0.25, 0.3) is 0 Å². The zero-order valence-corrected chi connectivity index (χ0v) is 13.5. The van der Waals surface area contributed by atoms with E-state index < -0.39 is 11.9 Å². The lowest BCUT2D eigenvalue weighted by Crippen LogP contribution is -2.12. The molecule has 0 unspecified atom stereocenters. The Bertz CT molecular complexity index is 506. The van der Waals surface area contributed by atoms with Crippen molar-refractivity contribution < 1.29 is 17.8 Å². The van der Waals surface area contributed by atoms with Gasteiger partial charge in [-0.15, -0.1) is 0 Å². The van der Waals surface area contributed by atoms with E-state index in [-0.39, 0.29) is 17.4 Å². The first-order valence-electron chi connectivity index (χ1n) is 6.03. The van der Waals surface area contributed by atoms with Gasteiger partial charge in [-0.2, -0.15) is 0 Å². The summed E-state index contributed by atoms with van der Waals surface area (Å²) in [6, 6.07) is 3.23. The molecule has 0 bridgehead atoms. The van der Waals surface area contributed by atoms with Gasteiger partial charge in [-0.05, 0) is 35.1 Å². The molecule has 0 aliphatic heterocycles. The van der Waals surface area contributed by atoms with Gasteiger partial charge in [-0.3, -0.25) is 0 Å². The van der Waals surface area contributed by atoms with E-state index in [0.29, 0.717) is 16.7 Å². The molecule has 0 saturated heterocycles. The maximum Gasteiger partial charge on any atom is 0.347 e. The minimum absolute atomic E-state index is 0.0214. The molecule has 0 aliphatic carbocycles. The van der Waals surface area contributed by atoms with Gasteiger partial charge in [0.05, 0.1) is 11.1 Å². The molecule has 5 heteroatoms. The maximum atomic E-state index is 11.8. The molecule has 0 fully saturated rings. The average Bonchev–Trinajstić information content (AvgIpc) is 2.35. The monoisotopic (exact) mass is 376 g/mol. The number of carbonyl (C=O) groups is 2.